The Bertz CT molecular complexity index is 1270. The number of carbonyl (C=O) groups excluding carboxylic acids is 2. The van der Waals surface area contributed by atoms with Gasteiger partial charge in [-0.3, -0.25) is 13.9 Å². The molecule has 0 radical (unpaired) electrons. The lowest BCUT2D eigenvalue weighted by Gasteiger charge is -2.30. The Labute approximate surface area is 211 Å². The maximum atomic E-state index is 13.3. The van der Waals surface area contributed by atoms with E-state index in [1.807, 2.05) is 30.3 Å². The molecule has 35 heavy (non-hydrogen) atoms. The summed E-state index contributed by atoms with van der Waals surface area (Å²) in [5, 5.41) is 6.08. The van der Waals surface area contributed by atoms with E-state index in [4.69, 9.17) is 11.6 Å². The highest BCUT2D eigenvalue weighted by Gasteiger charge is 2.32. The van der Waals surface area contributed by atoms with E-state index in [-0.39, 0.29) is 12.3 Å². The third kappa shape index (κ3) is 7.07. The molecular formula is C26H28ClN3O4S. The Kier molecular flexibility index (Phi) is 8.89. The monoisotopic (exact) mass is 513 g/mol. The van der Waals surface area contributed by atoms with Crippen LogP contribution in [-0.4, -0.2) is 39.1 Å². The van der Waals surface area contributed by atoms with Crippen molar-refractivity contribution in [1.82, 2.24) is 5.32 Å². The topological polar surface area (TPSA) is 95.6 Å². The predicted octanol–water partition coefficient (Wildman–Crippen LogP) is 4.50. The van der Waals surface area contributed by atoms with Crippen LogP contribution >= 0.6 is 11.6 Å². The molecule has 1 atom stereocenters. The second-order valence-corrected chi connectivity index (χ2v) is 10.3. The van der Waals surface area contributed by atoms with Crippen molar-refractivity contribution >= 4 is 44.8 Å². The minimum atomic E-state index is -3.79. The first-order valence-corrected chi connectivity index (χ1v) is 13.4. The molecule has 0 bridgehead atoms. The summed E-state index contributed by atoms with van der Waals surface area (Å²) in [4.78, 5) is 26.1. The summed E-state index contributed by atoms with van der Waals surface area (Å²) in [5.41, 5.74) is 2.02. The number of hydrogen-bond acceptors (Lipinski definition) is 4. The van der Waals surface area contributed by atoms with E-state index < -0.39 is 22.0 Å². The summed E-state index contributed by atoms with van der Waals surface area (Å²) in [7, 11) is -3.79. The predicted molar refractivity (Wildman–Crippen MR) is 140 cm³/mol. The molecule has 0 aliphatic carbocycles. The highest BCUT2D eigenvalue weighted by molar-refractivity contribution is 7.92. The van der Waals surface area contributed by atoms with Crippen LogP contribution < -0.4 is 14.9 Å². The molecule has 3 aromatic carbocycles. The molecule has 184 valence electrons. The van der Waals surface area contributed by atoms with Crippen molar-refractivity contribution in [2.45, 2.75) is 25.8 Å². The van der Waals surface area contributed by atoms with Gasteiger partial charge in [-0.1, -0.05) is 61.0 Å². The first-order valence-electron chi connectivity index (χ1n) is 11.2. The number of rotatable bonds is 10. The summed E-state index contributed by atoms with van der Waals surface area (Å²) in [5.74, 6) is -0.875. The van der Waals surface area contributed by atoms with Gasteiger partial charge in [-0.05, 0) is 54.8 Å². The number of halogens is 1. The molecule has 0 aromatic heterocycles. The standard InChI is InChI=1S/C26H28ClN3O4S/c1-3-24(30(35(2,33)34)21-15-13-20(27)14-16-21)26(32)29-23-12-8-7-11-22(23)25(31)28-18-17-19-9-5-4-6-10-19/h4-16,24H,3,17-18H2,1-2H3,(H,28,31)(H,29,32)/t24-/m1/s1. The maximum absolute atomic E-state index is 13.3. The Balaban J connectivity index is 1.77. The molecule has 0 spiro atoms. The van der Waals surface area contributed by atoms with Gasteiger partial charge in [0, 0.05) is 11.6 Å². The van der Waals surface area contributed by atoms with Crippen molar-refractivity contribution in [3.63, 3.8) is 0 Å². The third-order valence-electron chi connectivity index (χ3n) is 5.38. The number of para-hydroxylation sites is 1. The molecule has 0 unspecified atom stereocenters. The molecule has 7 nitrogen and oxygen atoms in total. The van der Waals surface area contributed by atoms with Crippen LogP contribution in [0.2, 0.25) is 5.02 Å². The van der Waals surface area contributed by atoms with Crippen LogP contribution in [0.1, 0.15) is 29.3 Å². The van der Waals surface area contributed by atoms with Gasteiger partial charge in [0.05, 0.1) is 23.2 Å². The second kappa shape index (κ2) is 11.9. The maximum Gasteiger partial charge on any atom is 0.253 e. The van der Waals surface area contributed by atoms with E-state index in [1.54, 1.807) is 55.5 Å². The lowest BCUT2D eigenvalue weighted by Crippen LogP contribution is -2.47. The number of benzene rings is 3. The third-order valence-corrected chi connectivity index (χ3v) is 6.81. The van der Waals surface area contributed by atoms with Crippen molar-refractivity contribution in [1.29, 1.82) is 0 Å². The van der Waals surface area contributed by atoms with E-state index in [1.165, 1.54) is 0 Å². The van der Waals surface area contributed by atoms with Crippen molar-refractivity contribution in [2.75, 3.05) is 22.4 Å². The highest BCUT2D eigenvalue weighted by atomic mass is 35.5. The molecule has 0 aliphatic heterocycles. The minimum absolute atomic E-state index is 0.215. The Morgan fingerprint density at radius 1 is 0.943 bits per heavy atom. The molecule has 0 heterocycles. The first kappa shape index (κ1) is 26.2. The van der Waals surface area contributed by atoms with Crippen LogP contribution in [0.3, 0.4) is 0 Å². The molecule has 2 N–H and O–H groups in total. The molecular weight excluding hydrogens is 486 g/mol. The fraction of sp³-hybridized carbons (Fsp3) is 0.231. The SMILES string of the molecule is CC[C@H](C(=O)Nc1ccccc1C(=O)NCCc1ccccc1)N(c1ccc(Cl)cc1)S(C)(=O)=O. The number of amides is 2. The number of nitrogens with one attached hydrogen (secondary N) is 2. The number of hydrogen-bond donors (Lipinski definition) is 2. The molecule has 9 heteroatoms. The largest absolute Gasteiger partial charge is 0.352 e. The Hall–Kier alpha value is -3.36. The molecule has 0 aliphatic rings. The number of carbonyl (C=O) groups is 2. The number of sulfonamides is 1. The summed E-state index contributed by atoms with van der Waals surface area (Å²) < 4.78 is 26.3. The van der Waals surface area contributed by atoms with Crippen LogP contribution in [0.4, 0.5) is 11.4 Å². The van der Waals surface area contributed by atoms with Gasteiger partial charge in [0.2, 0.25) is 15.9 Å². The van der Waals surface area contributed by atoms with Gasteiger partial charge in [-0.15, -0.1) is 0 Å². The average molecular weight is 514 g/mol. The van der Waals surface area contributed by atoms with Crippen molar-refractivity contribution in [2.24, 2.45) is 0 Å². The van der Waals surface area contributed by atoms with E-state index in [0.29, 0.717) is 34.9 Å². The molecule has 0 saturated heterocycles. The van der Waals surface area contributed by atoms with E-state index in [9.17, 15) is 18.0 Å². The summed E-state index contributed by atoms with van der Waals surface area (Å²) >= 11 is 5.95. The van der Waals surface area contributed by atoms with Crippen LogP contribution in [0.5, 0.6) is 0 Å². The summed E-state index contributed by atoms with van der Waals surface area (Å²) in [6, 6.07) is 21.6. The summed E-state index contributed by atoms with van der Waals surface area (Å²) in [6.45, 7) is 2.15. The Morgan fingerprint density at radius 2 is 1.57 bits per heavy atom. The average Bonchev–Trinajstić information content (AvgIpc) is 2.83. The zero-order chi connectivity index (χ0) is 25.4. The van der Waals surface area contributed by atoms with Gasteiger partial charge >= 0.3 is 0 Å². The summed E-state index contributed by atoms with van der Waals surface area (Å²) in [6.07, 6.45) is 1.93. The number of nitrogens with zero attached hydrogens (tertiary/aromatic N) is 1. The lowest BCUT2D eigenvalue weighted by molar-refractivity contribution is -0.117. The molecule has 3 aromatic rings. The fourth-order valence-corrected chi connectivity index (χ4v) is 5.05. The van der Waals surface area contributed by atoms with Crippen molar-refractivity contribution in [3.05, 3.63) is 95.0 Å². The van der Waals surface area contributed by atoms with Crippen molar-refractivity contribution in [3.8, 4) is 0 Å². The van der Waals surface area contributed by atoms with Gasteiger partial charge in [0.25, 0.3) is 5.91 Å². The fourth-order valence-electron chi connectivity index (χ4n) is 3.71. The van der Waals surface area contributed by atoms with Gasteiger partial charge in [-0.25, -0.2) is 8.42 Å². The Morgan fingerprint density at radius 3 is 2.20 bits per heavy atom. The van der Waals surface area contributed by atoms with E-state index >= 15 is 0 Å². The molecule has 2 amide bonds. The van der Waals surface area contributed by atoms with Crippen molar-refractivity contribution < 1.29 is 18.0 Å². The minimum Gasteiger partial charge on any atom is -0.352 e. The first-order chi connectivity index (χ1) is 16.7. The quantitative estimate of drug-likeness (QED) is 0.417. The van der Waals surface area contributed by atoms with E-state index in [0.717, 1.165) is 16.1 Å². The number of anilines is 2. The molecule has 3 rings (SSSR count). The zero-order valence-electron chi connectivity index (χ0n) is 19.6. The van der Waals surface area contributed by atoms with Gasteiger partial charge in [0.15, 0.2) is 0 Å². The van der Waals surface area contributed by atoms with Crippen LogP contribution in [0.25, 0.3) is 0 Å². The van der Waals surface area contributed by atoms with Gasteiger partial charge in [0.1, 0.15) is 6.04 Å². The second-order valence-electron chi connectivity index (χ2n) is 7.99. The lowest BCUT2D eigenvalue weighted by atomic mass is 10.1. The molecule has 0 fully saturated rings. The zero-order valence-corrected chi connectivity index (χ0v) is 21.1. The normalized spacial score (nSPS) is 12.0. The van der Waals surface area contributed by atoms with Gasteiger partial charge < -0.3 is 10.6 Å². The smallest absolute Gasteiger partial charge is 0.253 e. The van der Waals surface area contributed by atoms with Crippen LogP contribution in [-0.2, 0) is 21.2 Å². The van der Waals surface area contributed by atoms with Crippen LogP contribution in [0.15, 0.2) is 78.9 Å². The van der Waals surface area contributed by atoms with Crippen LogP contribution in [0, 0.1) is 0 Å². The highest BCUT2D eigenvalue weighted by Crippen LogP contribution is 2.25. The van der Waals surface area contributed by atoms with Gasteiger partial charge in [-0.2, -0.15) is 0 Å². The van der Waals surface area contributed by atoms with E-state index in [2.05, 4.69) is 10.6 Å². The molecule has 0 saturated carbocycles.